The molecular weight excluding hydrogens is 456 g/mol. The summed E-state index contributed by atoms with van der Waals surface area (Å²) in [6.45, 7) is 3.89. The zero-order chi connectivity index (χ0) is 25.4. The number of aromatic amines is 1. The molecule has 1 fully saturated rings. The van der Waals surface area contributed by atoms with Gasteiger partial charge in [-0.15, -0.1) is 0 Å². The Labute approximate surface area is 207 Å². The first-order chi connectivity index (χ1) is 17.4. The van der Waals surface area contributed by atoms with Gasteiger partial charge in [0.25, 0.3) is 11.7 Å². The van der Waals surface area contributed by atoms with E-state index < -0.39 is 23.7 Å². The largest absolute Gasteiger partial charge is 0.507 e. The van der Waals surface area contributed by atoms with E-state index in [0.717, 1.165) is 16.5 Å². The van der Waals surface area contributed by atoms with Crippen LogP contribution in [0.2, 0.25) is 0 Å². The molecule has 1 unspecified atom stereocenters. The lowest BCUT2D eigenvalue weighted by molar-refractivity contribution is -0.132. The summed E-state index contributed by atoms with van der Waals surface area (Å²) in [6.07, 6.45) is 1.63. The normalized spacial score (nSPS) is 17.1. The summed E-state index contributed by atoms with van der Waals surface area (Å²) in [7, 11) is 0. The number of Topliss-reactive ketones (excluding diaryl/α,β-unsaturated/α-hetero) is 1. The Bertz CT molecular complexity index is 1530. The van der Waals surface area contributed by atoms with Crippen LogP contribution in [-0.4, -0.2) is 34.4 Å². The van der Waals surface area contributed by atoms with Gasteiger partial charge in [0.1, 0.15) is 5.76 Å². The number of aromatic nitrogens is 1. The summed E-state index contributed by atoms with van der Waals surface area (Å²) in [5.74, 6) is -2.26. The summed E-state index contributed by atoms with van der Waals surface area (Å²) in [5, 5.41) is 12.2. The lowest BCUT2D eigenvalue weighted by atomic mass is 9.94. The van der Waals surface area contributed by atoms with Gasteiger partial charge in [0.15, 0.2) is 0 Å². The number of hydrogen-bond acceptors (Lipinski definition) is 5. The molecule has 1 saturated heterocycles. The van der Waals surface area contributed by atoms with Crippen molar-refractivity contribution in [1.82, 2.24) is 4.98 Å². The first kappa shape index (κ1) is 23.1. The summed E-state index contributed by atoms with van der Waals surface area (Å²) >= 11 is 0. The maximum Gasteiger partial charge on any atom is 0.338 e. The highest BCUT2D eigenvalue weighted by atomic mass is 16.5. The second kappa shape index (κ2) is 9.19. The van der Waals surface area contributed by atoms with Crippen molar-refractivity contribution in [1.29, 1.82) is 0 Å². The minimum Gasteiger partial charge on any atom is -0.507 e. The third kappa shape index (κ3) is 3.84. The van der Waals surface area contributed by atoms with Gasteiger partial charge in [0.05, 0.1) is 23.8 Å². The van der Waals surface area contributed by atoms with E-state index in [4.69, 9.17) is 4.74 Å². The van der Waals surface area contributed by atoms with Crippen LogP contribution in [0.3, 0.4) is 0 Å². The average molecular weight is 481 g/mol. The van der Waals surface area contributed by atoms with Gasteiger partial charge in [-0.3, -0.25) is 14.5 Å². The van der Waals surface area contributed by atoms with Crippen LogP contribution in [0.4, 0.5) is 5.69 Å². The predicted octanol–water partition coefficient (Wildman–Crippen LogP) is 5.28. The number of benzene rings is 3. The molecule has 0 radical (unpaired) electrons. The van der Waals surface area contributed by atoms with Crippen molar-refractivity contribution in [3.05, 3.63) is 107 Å². The monoisotopic (exact) mass is 480 g/mol. The molecule has 7 nitrogen and oxygen atoms in total. The third-order valence-corrected chi connectivity index (χ3v) is 6.30. The van der Waals surface area contributed by atoms with Crippen LogP contribution in [0.1, 0.15) is 40.0 Å². The highest BCUT2D eigenvalue weighted by Crippen LogP contribution is 2.43. The molecule has 0 aliphatic carbocycles. The quantitative estimate of drug-likeness (QED) is 0.175. The van der Waals surface area contributed by atoms with Crippen molar-refractivity contribution in [2.75, 3.05) is 11.5 Å². The molecule has 5 rings (SSSR count). The van der Waals surface area contributed by atoms with E-state index >= 15 is 0 Å². The van der Waals surface area contributed by atoms with Gasteiger partial charge < -0.3 is 14.8 Å². The lowest BCUT2D eigenvalue weighted by Crippen LogP contribution is -2.29. The second-order valence-corrected chi connectivity index (χ2v) is 8.60. The predicted molar refractivity (Wildman–Crippen MR) is 137 cm³/mol. The molecular formula is C29H24N2O5. The van der Waals surface area contributed by atoms with E-state index in [9.17, 15) is 19.5 Å². The maximum atomic E-state index is 13.4. The number of rotatable bonds is 5. The summed E-state index contributed by atoms with van der Waals surface area (Å²) in [4.78, 5) is 43.3. The molecule has 1 aliphatic rings. The number of carbonyl (C=O) groups is 3. The number of nitrogens with zero attached hydrogens (tertiary/aromatic N) is 1. The zero-order valence-corrected chi connectivity index (χ0v) is 19.8. The summed E-state index contributed by atoms with van der Waals surface area (Å²) in [5.41, 5.74) is 3.64. The van der Waals surface area contributed by atoms with Crippen LogP contribution >= 0.6 is 0 Å². The van der Waals surface area contributed by atoms with Crippen molar-refractivity contribution >= 4 is 40.0 Å². The molecule has 2 heterocycles. The molecule has 0 saturated carbocycles. The number of esters is 1. The van der Waals surface area contributed by atoms with Crippen LogP contribution in [0, 0.1) is 6.92 Å². The summed E-state index contributed by atoms with van der Waals surface area (Å²) < 4.78 is 5.04. The molecule has 180 valence electrons. The smallest absolute Gasteiger partial charge is 0.338 e. The van der Waals surface area contributed by atoms with Gasteiger partial charge >= 0.3 is 5.97 Å². The highest BCUT2D eigenvalue weighted by Gasteiger charge is 2.47. The van der Waals surface area contributed by atoms with Crippen LogP contribution in [-0.2, 0) is 14.3 Å². The minimum atomic E-state index is -0.855. The van der Waals surface area contributed by atoms with Gasteiger partial charge in [0, 0.05) is 28.4 Å². The maximum absolute atomic E-state index is 13.4. The van der Waals surface area contributed by atoms with E-state index in [0.29, 0.717) is 22.4 Å². The fourth-order valence-electron chi connectivity index (χ4n) is 4.64. The molecule has 0 bridgehead atoms. The Morgan fingerprint density at radius 3 is 2.50 bits per heavy atom. The lowest BCUT2D eigenvalue weighted by Gasteiger charge is -2.25. The van der Waals surface area contributed by atoms with Crippen LogP contribution < -0.4 is 4.90 Å². The number of para-hydroxylation sites is 1. The minimum absolute atomic E-state index is 0.00447. The molecule has 1 aliphatic heterocycles. The van der Waals surface area contributed by atoms with Gasteiger partial charge in [0.2, 0.25) is 0 Å². The number of ketones is 1. The first-order valence-corrected chi connectivity index (χ1v) is 11.6. The van der Waals surface area contributed by atoms with Crippen molar-refractivity contribution in [2.45, 2.75) is 19.9 Å². The molecule has 1 atom stereocenters. The Morgan fingerprint density at radius 2 is 1.78 bits per heavy atom. The number of carbonyl (C=O) groups excluding carboxylic acids is 3. The molecule has 2 N–H and O–H groups in total. The number of aliphatic hydroxyl groups excluding tert-OH is 1. The zero-order valence-electron chi connectivity index (χ0n) is 19.8. The topological polar surface area (TPSA) is 99.7 Å². The number of aliphatic hydroxyl groups is 1. The number of amides is 1. The Hall–Kier alpha value is -4.65. The van der Waals surface area contributed by atoms with E-state index in [2.05, 4.69) is 4.98 Å². The van der Waals surface area contributed by atoms with Gasteiger partial charge in [-0.05, 0) is 49.7 Å². The highest BCUT2D eigenvalue weighted by molar-refractivity contribution is 6.51. The first-order valence-electron chi connectivity index (χ1n) is 11.6. The van der Waals surface area contributed by atoms with Crippen molar-refractivity contribution < 1.29 is 24.2 Å². The van der Waals surface area contributed by atoms with Gasteiger partial charge in [-0.2, -0.15) is 0 Å². The van der Waals surface area contributed by atoms with E-state index in [-0.39, 0.29) is 17.9 Å². The van der Waals surface area contributed by atoms with Crippen LogP contribution in [0.25, 0.3) is 16.7 Å². The van der Waals surface area contributed by atoms with Crippen molar-refractivity contribution in [3.8, 4) is 0 Å². The SMILES string of the molecule is CCOC(=O)c1ccc(N2C(=O)C(=O)/C(=C(\O)c3c[nH]c4ccccc34)C2c2cccc(C)c2)cc1. The summed E-state index contributed by atoms with van der Waals surface area (Å²) in [6, 6.07) is 20.4. The molecule has 0 spiro atoms. The number of ether oxygens (including phenoxy) is 1. The number of nitrogens with one attached hydrogen (secondary N) is 1. The number of aryl methyl sites for hydroxylation is 1. The Balaban J connectivity index is 1.68. The van der Waals surface area contributed by atoms with E-state index in [1.165, 1.54) is 4.90 Å². The number of hydrogen-bond donors (Lipinski definition) is 2. The molecule has 1 aromatic heterocycles. The van der Waals surface area contributed by atoms with E-state index in [1.807, 2.05) is 55.5 Å². The molecule has 36 heavy (non-hydrogen) atoms. The fraction of sp³-hybridized carbons (Fsp3) is 0.138. The number of fused-ring (bicyclic) bond motifs is 1. The third-order valence-electron chi connectivity index (χ3n) is 6.30. The van der Waals surface area contributed by atoms with E-state index in [1.54, 1.807) is 37.4 Å². The van der Waals surface area contributed by atoms with Crippen molar-refractivity contribution in [2.24, 2.45) is 0 Å². The Kier molecular flexibility index (Phi) is 5.90. The van der Waals surface area contributed by atoms with Crippen molar-refractivity contribution in [3.63, 3.8) is 0 Å². The number of H-pyrrole nitrogens is 1. The Morgan fingerprint density at radius 1 is 1.03 bits per heavy atom. The number of anilines is 1. The molecule has 4 aromatic rings. The van der Waals surface area contributed by atoms with Crippen LogP contribution in [0.15, 0.2) is 84.6 Å². The molecule has 7 heteroatoms. The standard InChI is InChI=1S/C29H24N2O5/c1-3-36-29(35)18-11-13-20(14-12-18)31-25(19-8-6-7-17(2)15-19)24(27(33)28(31)34)26(32)22-16-30-23-10-5-4-9-21(22)23/h4-16,25,30,32H,3H2,1-2H3/b26-24-. The average Bonchev–Trinajstić information content (AvgIpc) is 3.43. The van der Waals surface area contributed by atoms with Gasteiger partial charge in [-0.25, -0.2) is 4.79 Å². The second-order valence-electron chi connectivity index (χ2n) is 8.60. The fourth-order valence-corrected chi connectivity index (χ4v) is 4.64. The van der Waals surface area contributed by atoms with Gasteiger partial charge in [-0.1, -0.05) is 48.0 Å². The molecule has 3 aromatic carbocycles. The van der Waals surface area contributed by atoms with Crippen LogP contribution in [0.5, 0.6) is 0 Å². The molecule has 1 amide bonds.